The first-order valence-electron chi connectivity index (χ1n) is 4.45. The van der Waals surface area contributed by atoms with Gasteiger partial charge in [0.2, 0.25) is 0 Å². The van der Waals surface area contributed by atoms with Crippen LogP contribution in [0.15, 0.2) is 22.7 Å². The van der Waals surface area contributed by atoms with Crippen molar-refractivity contribution < 1.29 is 9.90 Å². The van der Waals surface area contributed by atoms with E-state index in [1.165, 1.54) is 0 Å². The van der Waals surface area contributed by atoms with E-state index >= 15 is 0 Å². The van der Waals surface area contributed by atoms with Crippen LogP contribution in [0.4, 0.5) is 0 Å². The molecule has 4 heteroatoms. The van der Waals surface area contributed by atoms with E-state index < -0.39 is 5.97 Å². The van der Waals surface area contributed by atoms with E-state index in [-0.39, 0.29) is 0 Å². The van der Waals surface area contributed by atoms with Crippen molar-refractivity contribution in [3.8, 4) is 0 Å². The zero-order chi connectivity index (χ0) is 10.1. The fourth-order valence-electron chi connectivity index (χ4n) is 1.54. The smallest absolute Gasteiger partial charge is 0.336 e. The lowest BCUT2D eigenvalue weighted by atomic mass is 9.96. The maximum atomic E-state index is 10.9. The number of hydrogen-bond acceptors (Lipinski definition) is 2. The molecule has 1 aromatic carbocycles. The van der Waals surface area contributed by atoms with Crippen LogP contribution >= 0.6 is 15.9 Å². The number of carboxylic acid groups (broad SMARTS) is 1. The van der Waals surface area contributed by atoms with Crippen molar-refractivity contribution in [3.05, 3.63) is 33.8 Å². The fourth-order valence-corrected chi connectivity index (χ4v) is 2.25. The highest BCUT2D eigenvalue weighted by Crippen LogP contribution is 2.31. The molecule has 0 bridgehead atoms. The van der Waals surface area contributed by atoms with E-state index in [2.05, 4.69) is 21.2 Å². The van der Waals surface area contributed by atoms with E-state index in [1.54, 1.807) is 12.1 Å². The molecule has 1 heterocycles. The highest BCUT2D eigenvalue weighted by Gasteiger charge is 2.22. The molecule has 2 rings (SSSR count). The van der Waals surface area contributed by atoms with Crippen LogP contribution in [-0.4, -0.2) is 17.6 Å². The second kappa shape index (κ2) is 3.71. The van der Waals surface area contributed by atoms with Crippen molar-refractivity contribution in [1.29, 1.82) is 0 Å². The molecule has 0 amide bonds. The summed E-state index contributed by atoms with van der Waals surface area (Å²) in [5, 5.41) is 12.2. The molecule has 1 fully saturated rings. The highest BCUT2D eigenvalue weighted by molar-refractivity contribution is 9.10. The summed E-state index contributed by atoms with van der Waals surface area (Å²) >= 11 is 3.34. The van der Waals surface area contributed by atoms with Crippen LogP contribution in [0, 0.1) is 0 Å². The molecule has 2 N–H and O–H groups in total. The first-order valence-corrected chi connectivity index (χ1v) is 5.24. The molecule has 0 radical (unpaired) electrons. The zero-order valence-electron chi connectivity index (χ0n) is 7.46. The van der Waals surface area contributed by atoms with Gasteiger partial charge in [0.15, 0.2) is 0 Å². The molecular formula is C10H10BrNO2. The molecule has 0 saturated carbocycles. The quantitative estimate of drug-likeness (QED) is 0.852. The number of aromatic carboxylic acids is 1. The SMILES string of the molecule is O=C(O)c1cccc(C2CCN2)c1Br. The summed E-state index contributed by atoms with van der Waals surface area (Å²) in [7, 11) is 0. The Morgan fingerprint density at radius 2 is 2.29 bits per heavy atom. The van der Waals surface area contributed by atoms with Gasteiger partial charge in [0.1, 0.15) is 0 Å². The summed E-state index contributed by atoms with van der Waals surface area (Å²) in [5.74, 6) is -0.891. The van der Waals surface area contributed by atoms with Crippen LogP contribution in [0.2, 0.25) is 0 Å². The molecule has 1 unspecified atom stereocenters. The van der Waals surface area contributed by atoms with Crippen LogP contribution < -0.4 is 5.32 Å². The highest BCUT2D eigenvalue weighted by atomic mass is 79.9. The van der Waals surface area contributed by atoms with Crippen molar-refractivity contribution in [3.63, 3.8) is 0 Å². The van der Waals surface area contributed by atoms with Gasteiger partial charge in [-0.1, -0.05) is 12.1 Å². The summed E-state index contributed by atoms with van der Waals surface area (Å²) < 4.78 is 0.699. The van der Waals surface area contributed by atoms with Gasteiger partial charge in [-0.15, -0.1) is 0 Å². The fraction of sp³-hybridized carbons (Fsp3) is 0.300. The van der Waals surface area contributed by atoms with E-state index in [1.807, 2.05) is 6.07 Å². The summed E-state index contributed by atoms with van der Waals surface area (Å²) in [6, 6.07) is 5.65. The Bertz CT molecular complexity index is 374. The third kappa shape index (κ3) is 1.55. The standard InChI is InChI=1S/C10H10BrNO2/c11-9-6(8-4-5-12-8)2-1-3-7(9)10(13)14/h1-3,8,12H,4-5H2,(H,13,14). The van der Waals surface area contributed by atoms with Gasteiger partial charge in [0, 0.05) is 10.5 Å². The number of rotatable bonds is 2. The summed E-state index contributed by atoms with van der Waals surface area (Å²) in [4.78, 5) is 10.9. The average molecular weight is 256 g/mol. The summed E-state index contributed by atoms with van der Waals surface area (Å²) in [6.45, 7) is 1.01. The van der Waals surface area contributed by atoms with Gasteiger partial charge in [-0.3, -0.25) is 0 Å². The normalized spacial score (nSPS) is 20.2. The third-order valence-electron chi connectivity index (χ3n) is 2.46. The first-order chi connectivity index (χ1) is 6.70. The van der Waals surface area contributed by atoms with Gasteiger partial charge in [0.25, 0.3) is 0 Å². The zero-order valence-corrected chi connectivity index (χ0v) is 9.04. The Kier molecular flexibility index (Phi) is 2.56. The van der Waals surface area contributed by atoms with Crippen LogP contribution in [-0.2, 0) is 0 Å². The average Bonchev–Trinajstić information content (AvgIpc) is 2.04. The second-order valence-electron chi connectivity index (χ2n) is 3.31. The van der Waals surface area contributed by atoms with Gasteiger partial charge in [-0.05, 0) is 40.5 Å². The number of hydrogen-bond donors (Lipinski definition) is 2. The number of halogens is 1. The molecule has 0 spiro atoms. The topological polar surface area (TPSA) is 49.3 Å². The van der Waals surface area contributed by atoms with E-state index in [9.17, 15) is 4.79 Å². The van der Waals surface area contributed by atoms with Crippen LogP contribution in [0.25, 0.3) is 0 Å². The van der Waals surface area contributed by atoms with Gasteiger partial charge in [-0.2, -0.15) is 0 Å². The third-order valence-corrected chi connectivity index (χ3v) is 3.34. The number of carboxylic acids is 1. The summed E-state index contributed by atoms with van der Waals surface area (Å²) in [5.41, 5.74) is 1.37. The molecule has 1 aliphatic heterocycles. The number of carbonyl (C=O) groups is 1. The van der Waals surface area contributed by atoms with Gasteiger partial charge < -0.3 is 10.4 Å². The molecule has 1 saturated heterocycles. The minimum absolute atomic E-state index is 0.309. The van der Waals surface area contributed by atoms with Gasteiger partial charge >= 0.3 is 5.97 Å². The minimum Gasteiger partial charge on any atom is -0.478 e. The molecule has 0 aromatic heterocycles. The maximum absolute atomic E-state index is 10.9. The minimum atomic E-state index is -0.891. The summed E-state index contributed by atoms with van der Waals surface area (Å²) in [6.07, 6.45) is 1.07. The Balaban J connectivity index is 2.40. The van der Waals surface area contributed by atoms with Crippen LogP contribution in [0.5, 0.6) is 0 Å². The number of nitrogens with one attached hydrogen (secondary N) is 1. The Labute approximate surface area is 90.3 Å². The van der Waals surface area contributed by atoms with Gasteiger partial charge in [0.05, 0.1) is 5.56 Å². The molecule has 1 aromatic rings. The second-order valence-corrected chi connectivity index (χ2v) is 4.10. The molecular weight excluding hydrogens is 246 g/mol. The molecule has 74 valence electrons. The predicted molar refractivity (Wildman–Crippen MR) is 56.5 cm³/mol. The monoisotopic (exact) mass is 255 g/mol. The number of benzene rings is 1. The first kappa shape index (κ1) is 9.68. The predicted octanol–water partition coefficient (Wildman–Crippen LogP) is 2.18. The lowest BCUT2D eigenvalue weighted by molar-refractivity contribution is 0.0695. The van der Waals surface area contributed by atoms with E-state index in [0.29, 0.717) is 16.1 Å². The Morgan fingerprint density at radius 3 is 2.79 bits per heavy atom. The molecule has 3 nitrogen and oxygen atoms in total. The maximum Gasteiger partial charge on any atom is 0.336 e. The van der Waals surface area contributed by atoms with Crippen LogP contribution in [0.1, 0.15) is 28.4 Å². The van der Waals surface area contributed by atoms with Crippen molar-refractivity contribution in [1.82, 2.24) is 5.32 Å². The van der Waals surface area contributed by atoms with Crippen molar-refractivity contribution in [2.75, 3.05) is 6.54 Å². The van der Waals surface area contributed by atoms with Crippen LogP contribution in [0.3, 0.4) is 0 Å². The Morgan fingerprint density at radius 1 is 1.57 bits per heavy atom. The van der Waals surface area contributed by atoms with E-state index in [4.69, 9.17) is 5.11 Å². The Hall–Kier alpha value is -0.870. The molecule has 1 atom stereocenters. The van der Waals surface area contributed by atoms with Crippen molar-refractivity contribution >= 4 is 21.9 Å². The molecule has 0 aliphatic carbocycles. The molecule has 14 heavy (non-hydrogen) atoms. The molecule has 1 aliphatic rings. The lowest BCUT2D eigenvalue weighted by Gasteiger charge is -2.29. The van der Waals surface area contributed by atoms with Crippen molar-refractivity contribution in [2.45, 2.75) is 12.5 Å². The van der Waals surface area contributed by atoms with Crippen molar-refractivity contribution in [2.24, 2.45) is 0 Å². The largest absolute Gasteiger partial charge is 0.478 e. The van der Waals surface area contributed by atoms with Gasteiger partial charge in [-0.25, -0.2) is 4.79 Å². The van der Waals surface area contributed by atoms with E-state index in [0.717, 1.165) is 18.5 Å². The lowest BCUT2D eigenvalue weighted by Crippen LogP contribution is -2.35.